The largest absolute Gasteiger partial charge is 0.462 e. The summed E-state index contributed by atoms with van der Waals surface area (Å²) in [5.74, 6) is 3.97. The van der Waals surface area contributed by atoms with Crippen molar-refractivity contribution in [3.8, 4) is 0 Å². The van der Waals surface area contributed by atoms with Gasteiger partial charge < -0.3 is 23.4 Å². The number of hydrogen-bond acceptors (Lipinski definition) is 10. The summed E-state index contributed by atoms with van der Waals surface area (Å²) in [6, 6.07) is 18.6. The molecule has 0 radical (unpaired) electrons. The van der Waals surface area contributed by atoms with Crippen molar-refractivity contribution in [1.29, 1.82) is 0 Å². The molecule has 87 heavy (non-hydrogen) atoms. The van der Waals surface area contributed by atoms with Crippen molar-refractivity contribution in [3.05, 3.63) is 95.1 Å². The Bertz CT molecular complexity index is 2870. The van der Waals surface area contributed by atoms with E-state index in [4.69, 9.17) is 45.7 Å². The number of aliphatic hydroxyl groups is 1. The Hall–Kier alpha value is -2.34. The van der Waals surface area contributed by atoms with Gasteiger partial charge in [-0.1, -0.05) is 143 Å². The monoisotopic (exact) mass is 1290 g/mol. The SMILES string of the molecule is C[C@H](COC(=O)c1ccccc1)[C@H]1CC[C@H]2/C(=C/[C@@H](C)[C@]34CC3C[C@H](O[Si](C)(C)C(C)(C)C)C4O)CCC[C@]12C.C[C@H](COC(=O)c1ccccc1)[C@H]1CC[C@H]2/C(=C/[C@@H](C)[C@]34CC3C[C@H](O[Si](C)(C)C(C)(C)C)C4OS(C)(=O)=O)CCC[C@]12C.ClCCl. The van der Waals surface area contributed by atoms with Crippen LogP contribution in [0.5, 0.6) is 0 Å². The summed E-state index contributed by atoms with van der Waals surface area (Å²) in [5, 5.41) is 12.0. The summed E-state index contributed by atoms with van der Waals surface area (Å²) in [5.41, 5.74) is 4.67. The number of carbonyl (C=O) groups excluding carboxylic acids is 2. The quantitative estimate of drug-likeness (QED) is 0.0505. The number of allylic oxidation sites excluding steroid dienone is 4. The molecule has 488 valence electrons. The Kier molecular flexibility index (Phi) is 21.8. The zero-order valence-corrected chi connectivity index (χ0v) is 60.6. The molecule has 4 unspecified atom stereocenters. The van der Waals surface area contributed by atoms with Crippen LogP contribution in [0, 0.1) is 80.8 Å². The van der Waals surface area contributed by atoms with E-state index in [0.717, 1.165) is 51.4 Å². The molecule has 0 aliphatic heterocycles. The molecule has 2 aromatic carbocycles. The minimum absolute atomic E-state index is 0.00478. The van der Waals surface area contributed by atoms with Gasteiger partial charge in [0, 0.05) is 10.8 Å². The lowest BCUT2D eigenvalue weighted by atomic mass is 9.61. The van der Waals surface area contributed by atoms with Crippen LogP contribution in [-0.4, -0.2) is 91.3 Å². The zero-order chi connectivity index (χ0) is 64.1. The topological polar surface area (TPSA) is 135 Å². The first kappa shape index (κ1) is 70.5. The number of esters is 2. The van der Waals surface area contributed by atoms with Crippen LogP contribution in [0.15, 0.2) is 84.0 Å². The van der Waals surface area contributed by atoms with Crippen LogP contribution in [0.25, 0.3) is 0 Å². The summed E-state index contributed by atoms with van der Waals surface area (Å²) < 4.78 is 56.3. The van der Waals surface area contributed by atoms with Crippen molar-refractivity contribution in [2.24, 2.45) is 80.8 Å². The van der Waals surface area contributed by atoms with E-state index in [0.29, 0.717) is 71.7 Å². The van der Waals surface area contributed by atoms with E-state index < -0.39 is 32.9 Å². The number of benzene rings is 2. The zero-order valence-electron chi connectivity index (χ0n) is 56.3. The molecule has 8 aliphatic rings. The number of aliphatic hydroxyl groups excluding tert-OH is 1. The molecule has 2 aromatic rings. The predicted octanol–water partition coefficient (Wildman–Crippen LogP) is 18.2. The van der Waals surface area contributed by atoms with Gasteiger partial charge in [-0.15, -0.1) is 23.2 Å². The molecule has 8 saturated carbocycles. The lowest BCUT2D eigenvalue weighted by Crippen LogP contribution is -2.49. The van der Waals surface area contributed by atoms with Crippen LogP contribution in [0.1, 0.15) is 194 Å². The summed E-state index contributed by atoms with van der Waals surface area (Å²) in [7, 11) is -7.66. The first-order valence-electron chi connectivity index (χ1n) is 33.4. The highest BCUT2D eigenvalue weighted by atomic mass is 35.5. The molecule has 18 atom stereocenters. The molecule has 10 rings (SSSR count). The van der Waals surface area contributed by atoms with Crippen molar-refractivity contribution in [1.82, 2.24) is 0 Å². The third-order valence-corrected chi connectivity index (χ3v) is 34.6. The molecular weight excluding hydrogens is 1180 g/mol. The van der Waals surface area contributed by atoms with Crippen LogP contribution in [0.2, 0.25) is 36.3 Å². The Morgan fingerprint density at radius 2 is 1.02 bits per heavy atom. The van der Waals surface area contributed by atoms with Crippen molar-refractivity contribution in [2.45, 2.75) is 234 Å². The Labute approximate surface area is 538 Å². The summed E-state index contributed by atoms with van der Waals surface area (Å²) in [6.07, 6.45) is 21.3. The number of hydrogen-bond donors (Lipinski definition) is 1. The van der Waals surface area contributed by atoms with E-state index >= 15 is 0 Å². The molecule has 0 spiro atoms. The van der Waals surface area contributed by atoms with E-state index in [1.807, 2.05) is 48.5 Å². The standard InChI is InChI=1S/C36H56O6SSi.C35H54O4Si.CH2Cl2/c1-24(23-40-33(37)26-14-11-10-12-15-26)29-17-18-30-27(16-13-19-35(29,30)6)20-25(2)36-22-28(36)21-31(32(36)41-43(7,38)39)42-44(8,9)34(3,4)5;1-23(22-38-32(37)25-13-10-9-11-14-25)28-16-17-29-26(15-12-18-34(28,29)6)19-24(2)35-21-27(35)20-30(31(35)36)39-40(7,8)33(3,4)5;2-1-3/h10-12,14-15,20,24-25,28-32H,13,16-19,21-23H2,1-9H3;9-11,13-14,19,23-24,27-31,36H,12,15-18,20-22H2,1-8H3;1H2/b27-20+;26-19+;/t24-,25-,28?,29-,30+,31+,32?,35-,36-;23-,24-,27?,28-,29+,30+,31?,34-,35-;/m11./s1. The van der Waals surface area contributed by atoms with Gasteiger partial charge in [0.2, 0.25) is 0 Å². The number of fused-ring (bicyclic) bond motifs is 4. The summed E-state index contributed by atoms with van der Waals surface area (Å²) >= 11 is 9.53. The van der Waals surface area contributed by atoms with Gasteiger partial charge in [0.1, 0.15) is 6.10 Å². The summed E-state index contributed by atoms with van der Waals surface area (Å²) in [6.45, 7) is 37.8. The second-order valence-corrected chi connectivity index (χ2v) is 44.2. The minimum atomic E-state index is -3.63. The second kappa shape index (κ2) is 26.9. The van der Waals surface area contributed by atoms with Gasteiger partial charge in [-0.2, -0.15) is 8.42 Å². The maximum atomic E-state index is 12.6. The Morgan fingerprint density at radius 3 is 1.44 bits per heavy atom. The van der Waals surface area contributed by atoms with Gasteiger partial charge in [0.15, 0.2) is 16.6 Å². The van der Waals surface area contributed by atoms with Crippen LogP contribution in [0.4, 0.5) is 0 Å². The van der Waals surface area contributed by atoms with Crippen molar-refractivity contribution >= 4 is 61.9 Å². The lowest BCUT2D eigenvalue weighted by molar-refractivity contribution is -0.00620. The Balaban J connectivity index is 0.000000217. The van der Waals surface area contributed by atoms with Gasteiger partial charge in [-0.3, -0.25) is 4.18 Å². The molecule has 0 aromatic heterocycles. The molecule has 0 saturated heterocycles. The van der Waals surface area contributed by atoms with Crippen LogP contribution in [0.3, 0.4) is 0 Å². The number of halogens is 2. The first-order chi connectivity index (χ1) is 40.5. The minimum Gasteiger partial charge on any atom is -0.462 e. The van der Waals surface area contributed by atoms with E-state index in [2.05, 4.69) is 121 Å². The second-order valence-electron chi connectivity index (χ2n) is 32.2. The number of ether oxygens (including phenoxy) is 2. The van der Waals surface area contributed by atoms with E-state index in [9.17, 15) is 23.1 Å². The third kappa shape index (κ3) is 14.7. The molecule has 8 aliphatic carbocycles. The maximum Gasteiger partial charge on any atom is 0.338 e. The average Bonchev–Trinajstić information content (AvgIpc) is 1.54. The first-order valence-corrected chi connectivity index (χ1v) is 42.1. The molecule has 8 fully saturated rings. The van der Waals surface area contributed by atoms with Gasteiger partial charge in [0.05, 0.1) is 54.2 Å². The average molecular weight is 1300 g/mol. The van der Waals surface area contributed by atoms with Crippen LogP contribution >= 0.6 is 23.2 Å². The van der Waals surface area contributed by atoms with E-state index in [1.54, 1.807) is 23.3 Å². The molecule has 10 nitrogen and oxygen atoms in total. The molecule has 1 N–H and O–H groups in total. The Morgan fingerprint density at radius 1 is 0.644 bits per heavy atom. The van der Waals surface area contributed by atoms with Gasteiger partial charge in [0.25, 0.3) is 10.1 Å². The lowest BCUT2D eigenvalue weighted by Gasteiger charge is -2.45. The molecular formula is C72H112Cl2O10SSi2. The summed E-state index contributed by atoms with van der Waals surface area (Å²) in [4.78, 5) is 25.2. The fraction of sp³-hybridized carbons (Fsp3) is 0.750. The number of carbonyl (C=O) groups is 2. The highest BCUT2D eigenvalue weighted by molar-refractivity contribution is 7.86. The van der Waals surface area contributed by atoms with E-state index in [-0.39, 0.29) is 79.2 Å². The molecule has 15 heteroatoms. The van der Waals surface area contributed by atoms with Gasteiger partial charge in [-0.05, 0) is 220 Å². The fourth-order valence-corrected chi connectivity index (χ4v) is 21.6. The highest BCUT2D eigenvalue weighted by Gasteiger charge is 2.71. The highest BCUT2D eigenvalue weighted by Crippen LogP contribution is 2.72. The van der Waals surface area contributed by atoms with Gasteiger partial charge >= 0.3 is 11.9 Å². The molecule has 0 heterocycles. The van der Waals surface area contributed by atoms with Crippen LogP contribution in [-0.2, 0) is 32.6 Å². The smallest absolute Gasteiger partial charge is 0.338 e. The fourth-order valence-electron chi connectivity index (χ4n) is 18.2. The normalized spacial score (nSPS) is 35.9. The number of rotatable bonds is 18. The van der Waals surface area contributed by atoms with Crippen molar-refractivity contribution < 1.29 is 45.6 Å². The van der Waals surface area contributed by atoms with Gasteiger partial charge in [-0.25, -0.2) is 9.59 Å². The third-order valence-electron chi connectivity index (χ3n) is 25.0. The number of alkyl halides is 2. The van der Waals surface area contributed by atoms with Crippen molar-refractivity contribution in [3.63, 3.8) is 0 Å². The van der Waals surface area contributed by atoms with E-state index in [1.165, 1.54) is 44.8 Å². The molecule has 0 bridgehead atoms. The predicted molar refractivity (Wildman–Crippen MR) is 359 cm³/mol. The van der Waals surface area contributed by atoms with Crippen LogP contribution < -0.4 is 0 Å². The van der Waals surface area contributed by atoms with Crippen molar-refractivity contribution in [2.75, 3.05) is 24.8 Å². The molecule has 0 amide bonds. The maximum absolute atomic E-state index is 12.6.